The number of benzene rings is 1. The minimum Gasteiger partial charge on any atom is -0.411 e. The van der Waals surface area contributed by atoms with Crippen LogP contribution in [-0.2, 0) is 0 Å². The monoisotopic (exact) mass is 429 g/mol. The van der Waals surface area contributed by atoms with E-state index in [-0.39, 0.29) is 5.82 Å². The molecule has 0 fully saturated rings. The fraction of sp³-hybridized carbons (Fsp3) is 0.105. The Morgan fingerprint density at radius 1 is 1.41 bits per heavy atom. The number of halogens is 2. The van der Waals surface area contributed by atoms with Gasteiger partial charge in [0, 0.05) is 18.2 Å². The summed E-state index contributed by atoms with van der Waals surface area (Å²) in [4.78, 5) is 4.52. The maximum atomic E-state index is 14.2. The number of hydrogen-bond acceptors (Lipinski definition) is 5. The lowest BCUT2D eigenvalue weighted by molar-refractivity contribution is 0.321. The number of nitrogens with one attached hydrogen (secondary N) is 1. The first-order valence-electron chi connectivity index (χ1n) is 8.16. The highest BCUT2D eigenvalue weighted by Crippen LogP contribution is 2.27. The van der Waals surface area contributed by atoms with Gasteiger partial charge in [0.05, 0.1) is 22.6 Å². The standard InChI is InChI=1S/C19H17BrFN5O/c1-2-3-6-13(11-24-27)10-22-18-9-17(14-7-4-5-8-16(14)21)25-19-15(20)12-23-26(18)19/h2-9,11-12,22,27H,10H2,1H3/b3-2-,13-6-,24-11+. The van der Waals surface area contributed by atoms with E-state index in [2.05, 4.69) is 36.5 Å². The molecule has 0 aliphatic rings. The van der Waals surface area contributed by atoms with E-state index >= 15 is 0 Å². The Morgan fingerprint density at radius 3 is 2.96 bits per heavy atom. The molecule has 138 valence electrons. The second-order valence-corrected chi connectivity index (χ2v) is 6.45. The number of fused-ring (bicyclic) bond motifs is 1. The van der Waals surface area contributed by atoms with E-state index < -0.39 is 0 Å². The summed E-state index contributed by atoms with van der Waals surface area (Å²) >= 11 is 3.42. The molecule has 2 aromatic heterocycles. The smallest absolute Gasteiger partial charge is 0.172 e. The Hall–Kier alpha value is -3.00. The molecular formula is C19H17BrFN5O. The lowest BCUT2D eigenvalue weighted by Gasteiger charge is -2.11. The number of aromatic nitrogens is 3. The predicted octanol–water partition coefficient (Wildman–Crippen LogP) is 4.67. The molecule has 0 radical (unpaired) electrons. The van der Waals surface area contributed by atoms with Crippen LogP contribution in [0.25, 0.3) is 16.9 Å². The number of rotatable bonds is 6. The molecule has 6 nitrogen and oxygen atoms in total. The average Bonchev–Trinajstić information content (AvgIpc) is 3.05. The topological polar surface area (TPSA) is 74.8 Å². The van der Waals surface area contributed by atoms with Crippen LogP contribution in [0.5, 0.6) is 0 Å². The molecule has 0 unspecified atom stereocenters. The van der Waals surface area contributed by atoms with Gasteiger partial charge in [0.2, 0.25) is 0 Å². The predicted molar refractivity (Wildman–Crippen MR) is 108 cm³/mol. The third-order valence-corrected chi connectivity index (χ3v) is 4.34. The van der Waals surface area contributed by atoms with Crippen LogP contribution in [0.3, 0.4) is 0 Å². The number of hydrogen-bond donors (Lipinski definition) is 2. The van der Waals surface area contributed by atoms with Crippen LogP contribution in [-0.4, -0.2) is 32.6 Å². The Labute approximate surface area is 163 Å². The molecule has 0 aliphatic heterocycles. The Balaban J connectivity index is 2.03. The van der Waals surface area contributed by atoms with Gasteiger partial charge in [-0.1, -0.05) is 35.5 Å². The summed E-state index contributed by atoms with van der Waals surface area (Å²) in [5.74, 6) is 0.277. The summed E-state index contributed by atoms with van der Waals surface area (Å²) in [6.45, 7) is 2.27. The molecule has 3 rings (SSSR count). The van der Waals surface area contributed by atoms with Crippen molar-refractivity contribution in [3.05, 3.63) is 70.6 Å². The van der Waals surface area contributed by atoms with Crippen LogP contribution in [0.15, 0.2) is 70.0 Å². The second-order valence-electron chi connectivity index (χ2n) is 5.60. The van der Waals surface area contributed by atoms with Crippen LogP contribution >= 0.6 is 15.9 Å². The zero-order valence-corrected chi connectivity index (χ0v) is 16.1. The third kappa shape index (κ3) is 4.22. The van der Waals surface area contributed by atoms with Crippen LogP contribution in [0.4, 0.5) is 10.2 Å². The van der Waals surface area contributed by atoms with Gasteiger partial charge < -0.3 is 10.5 Å². The quantitative estimate of drug-likeness (QED) is 0.258. The molecule has 27 heavy (non-hydrogen) atoms. The minimum absolute atomic E-state index is 0.350. The van der Waals surface area contributed by atoms with Gasteiger partial charge in [-0.05, 0) is 40.6 Å². The van der Waals surface area contributed by atoms with E-state index in [0.717, 1.165) is 5.57 Å². The van der Waals surface area contributed by atoms with Crippen molar-refractivity contribution in [3.8, 4) is 11.3 Å². The molecule has 0 saturated carbocycles. The molecule has 0 spiro atoms. The Morgan fingerprint density at radius 2 is 2.22 bits per heavy atom. The summed E-state index contributed by atoms with van der Waals surface area (Å²) < 4.78 is 16.6. The summed E-state index contributed by atoms with van der Waals surface area (Å²) in [5.41, 5.74) is 2.20. The van der Waals surface area contributed by atoms with Crippen molar-refractivity contribution < 1.29 is 9.60 Å². The summed E-state index contributed by atoms with van der Waals surface area (Å²) in [7, 11) is 0. The van der Waals surface area contributed by atoms with E-state index in [9.17, 15) is 4.39 Å². The minimum atomic E-state index is -0.350. The fourth-order valence-corrected chi connectivity index (χ4v) is 2.85. The molecular weight excluding hydrogens is 413 g/mol. The van der Waals surface area contributed by atoms with Crippen LogP contribution in [0.2, 0.25) is 0 Å². The van der Waals surface area contributed by atoms with Gasteiger partial charge in [-0.25, -0.2) is 9.37 Å². The number of oxime groups is 1. The van der Waals surface area contributed by atoms with Crippen LogP contribution in [0, 0.1) is 5.82 Å². The molecule has 0 atom stereocenters. The highest BCUT2D eigenvalue weighted by atomic mass is 79.9. The number of nitrogens with zero attached hydrogens (tertiary/aromatic N) is 4. The molecule has 8 heteroatoms. The van der Waals surface area contributed by atoms with E-state index in [1.807, 2.05) is 25.2 Å². The van der Waals surface area contributed by atoms with Gasteiger partial charge in [0.15, 0.2) is 5.65 Å². The molecule has 0 aliphatic carbocycles. The zero-order valence-electron chi connectivity index (χ0n) is 14.5. The van der Waals surface area contributed by atoms with Crippen molar-refractivity contribution in [2.75, 3.05) is 11.9 Å². The summed E-state index contributed by atoms with van der Waals surface area (Å²) in [6, 6.07) is 8.21. The van der Waals surface area contributed by atoms with E-state index in [0.29, 0.717) is 33.7 Å². The normalized spacial score (nSPS) is 12.5. The molecule has 0 bridgehead atoms. The SMILES string of the molecule is C\C=C/C=C(\C=N\O)CNc1cc(-c2ccccc2F)nc2c(Br)cnn12. The second kappa shape index (κ2) is 8.59. The van der Waals surface area contributed by atoms with Gasteiger partial charge >= 0.3 is 0 Å². The molecule has 1 aromatic carbocycles. The Bertz CT molecular complexity index is 1040. The van der Waals surface area contributed by atoms with Gasteiger partial charge in [-0.2, -0.15) is 9.61 Å². The van der Waals surface area contributed by atoms with E-state index in [1.165, 1.54) is 12.3 Å². The third-order valence-electron chi connectivity index (χ3n) is 3.78. The molecule has 0 amide bonds. The van der Waals surface area contributed by atoms with Crippen molar-refractivity contribution in [3.63, 3.8) is 0 Å². The van der Waals surface area contributed by atoms with Crippen molar-refractivity contribution >= 4 is 33.6 Å². The van der Waals surface area contributed by atoms with Gasteiger partial charge in [0.1, 0.15) is 11.6 Å². The highest BCUT2D eigenvalue weighted by molar-refractivity contribution is 9.10. The molecule has 3 aromatic rings. The van der Waals surface area contributed by atoms with Crippen molar-refractivity contribution in [1.29, 1.82) is 0 Å². The van der Waals surface area contributed by atoms with Gasteiger partial charge in [-0.15, -0.1) is 0 Å². The van der Waals surface area contributed by atoms with E-state index in [4.69, 9.17) is 5.21 Å². The zero-order chi connectivity index (χ0) is 19.2. The lowest BCUT2D eigenvalue weighted by atomic mass is 10.1. The maximum Gasteiger partial charge on any atom is 0.172 e. The van der Waals surface area contributed by atoms with Crippen molar-refractivity contribution in [2.45, 2.75) is 6.92 Å². The molecule has 0 saturated heterocycles. The first kappa shape index (κ1) is 18.8. The first-order chi connectivity index (χ1) is 13.1. The number of anilines is 1. The average molecular weight is 430 g/mol. The summed E-state index contributed by atoms with van der Waals surface area (Å²) in [5, 5.41) is 19.5. The largest absolute Gasteiger partial charge is 0.411 e. The van der Waals surface area contributed by atoms with Crippen molar-refractivity contribution in [2.24, 2.45) is 5.16 Å². The Kier molecular flexibility index (Phi) is 5.97. The van der Waals surface area contributed by atoms with Crippen molar-refractivity contribution in [1.82, 2.24) is 14.6 Å². The van der Waals surface area contributed by atoms with E-state index in [1.54, 1.807) is 35.0 Å². The fourth-order valence-electron chi connectivity index (χ4n) is 2.50. The highest BCUT2D eigenvalue weighted by Gasteiger charge is 2.13. The van der Waals surface area contributed by atoms with Gasteiger partial charge in [0.25, 0.3) is 0 Å². The van der Waals surface area contributed by atoms with Crippen LogP contribution in [0.1, 0.15) is 6.92 Å². The lowest BCUT2D eigenvalue weighted by Crippen LogP contribution is -2.11. The first-order valence-corrected chi connectivity index (χ1v) is 8.95. The molecule has 2 heterocycles. The van der Waals surface area contributed by atoms with Crippen LogP contribution < -0.4 is 5.32 Å². The number of allylic oxidation sites excluding steroid dienone is 3. The summed E-state index contributed by atoms with van der Waals surface area (Å²) in [6.07, 6.45) is 8.52. The maximum absolute atomic E-state index is 14.2. The molecule has 2 N–H and O–H groups in total. The van der Waals surface area contributed by atoms with Gasteiger partial charge in [-0.3, -0.25) is 0 Å².